The van der Waals surface area contributed by atoms with Crippen LogP contribution in [0.3, 0.4) is 0 Å². The van der Waals surface area contributed by atoms with Crippen molar-refractivity contribution in [2.24, 2.45) is 0 Å². The van der Waals surface area contributed by atoms with Crippen molar-refractivity contribution in [3.8, 4) is 5.75 Å². The Morgan fingerprint density at radius 3 is 2.75 bits per heavy atom. The van der Waals surface area contributed by atoms with Crippen molar-refractivity contribution in [2.75, 3.05) is 38.7 Å². The summed E-state index contributed by atoms with van der Waals surface area (Å²) < 4.78 is 37.8. The maximum atomic E-state index is 13.0. The molecule has 2 aromatic rings. The third kappa shape index (κ3) is 4.76. The van der Waals surface area contributed by atoms with Crippen molar-refractivity contribution in [1.29, 1.82) is 0 Å². The van der Waals surface area contributed by atoms with Crippen LogP contribution in [-0.4, -0.2) is 57.0 Å². The van der Waals surface area contributed by atoms with Gasteiger partial charge in [0.05, 0.1) is 26.0 Å². The highest BCUT2D eigenvalue weighted by molar-refractivity contribution is 7.89. The van der Waals surface area contributed by atoms with E-state index in [1.807, 2.05) is 12.3 Å². The first-order chi connectivity index (χ1) is 13.4. The number of aromatic nitrogens is 1. The fraction of sp³-hybridized carbons (Fsp3) is 0.333. The molecule has 1 saturated heterocycles. The number of rotatable bonds is 6. The zero-order chi connectivity index (χ0) is 20.1. The number of ether oxygens (including phenoxy) is 2. The predicted octanol–water partition coefficient (Wildman–Crippen LogP) is 2.13. The Morgan fingerprint density at radius 2 is 2.11 bits per heavy atom. The molecule has 0 saturated carbocycles. The van der Waals surface area contributed by atoms with Gasteiger partial charge in [-0.25, -0.2) is 13.4 Å². The first kappa shape index (κ1) is 20.5. The highest BCUT2D eigenvalue weighted by Gasteiger charge is 2.29. The van der Waals surface area contributed by atoms with E-state index in [2.05, 4.69) is 10.3 Å². The normalized spacial score (nSPS) is 15.6. The number of amides is 1. The van der Waals surface area contributed by atoms with Gasteiger partial charge in [-0.3, -0.25) is 10.1 Å². The predicted molar refractivity (Wildman–Crippen MR) is 107 cm³/mol. The second-order valence-corrected chi connectivity index (χ2v) is 8.81. The van der Waals surface area contributed by atoms with Crippen LogP contribution in [0.1, 0.15) is 11.3 Å². The SMILES string of the molecule is COc1ccc(C=CC(=O)Nc2nc(C)cs2)cc1S(=O)(=O)N1CCOCC1. The lowest BCUT2D eigenvalue weighted by molar-refractivity contribution is -0.111. The monoisotopic (exact) mass is 423 g/mol. The Morgan fingerprint density at radius 1 is 1.36 bits per heavy atom. The molecule has 0 aliphatic carbocycles. The van der Waals surface area contributed by atoms with Gasteiger partial charge in [-0.05, 0) is 30.7 Å². The molecule has 28 heavy (non-hydrogen) atoms. The number of nitrogens with one attached hydrogen (secondary N) is 1. The van der Waals surface area contributed by atoms with Gasteiger partial charge in [-0.15, -0.1) is 11.3 Å². The van der Waals surface area contributed by atoms with Crippen LogP contribution < -0.4 is 10.1 Å². The molecule has 150 valence electrons. The summed E-state index contributed by atoms with van der Waals surface area (Å²) in [5, 5.41) is 5.02. The van der Waals surface area contributed by atoms with Crippen LogP contribution in [-0.2, 0) is 19.6 Å². The molecule has 1 aromatic heterocycles. The summed E-state index contributed by atoms with van der Waals surface area (Å²) in [6.45, 7) is 3.15. The molecule has 2 heterocycles. The van der Waals surface area contributed by atoms with Crippen LogP contribution in [0.2, 0.25) is 0 Å². The quantitative estimate of drug-likeness (QED) is 0.715. The number of hydrogen-bond donors (Lipinski definition) is 1. The Hall–Kier alpha value is -2.27. The van der Waals surface area contributed by atoms with Gasteiger partial charge in [0.1, 0.15) is 10.6 Å². The molecule has 1 aromatic carbocycles. The number of methoxy groups -OCH3 is 1. The fourth-order valence-electron chi connectivity index (χ4n) is 2.65. The molecule has 8 nitrogen and oxygen atoms in total. The van der Waals surface area contributed by atoms with Crippen LogP contribution >= 0.6 is 11.3 Å². The van der Waals surface area contributed by atoms with Crippen LogP contribution in [0.25, 0.3) is 6.08 Å². The molecule has 0 spiro atoms. The number of aryl methyl sites for hydroxylation is 1. The van der Waals surface area contributed by atoms with Crippen molar-refractivity contribution < 1.29 is 22.7 Å². The van der Waals surface area contributed by atoms with E-state index in [1.54, 1.807) is 18.2 Å². The summed E-state index contributed by atoms with van der Waals surface area (Å²) >= 11 is 1.34. The highest BCUT2D eigenvalue weighted by atomic mass is 32.2. The highest BCUT2D eigenvalue weighted by Crippen LogP contribution is 2.29. The number of anilines is 1. The number of carbonyl (C=O) groups excluding carboxylic acids is 1. The lowest BCUT2D eigenvalue weighted by atomic mass is 10.2. The number of benzene rings is 1. The van der Waals surface area contributed by atoms with Crippen molar-refractivity contribution in [1.82, 2.24) is 9.29 Å². The van der Waals surface area contributed by atoms with Gasteiger partial charge in [0.15, 0.2) is 5.13 Å². The molecular weight excluding hydrogens is 402 g/mol. The minimum absolute atomic E-state index is 0.0648. The van der Waals surface area contributed by atoms with Crippen molar-refractivity contribution >= 4 is 38.5 Å². The summed E-state index contributed by atoms with van der Waals surface area (Å²) in [5.74, 6) is -0.0888. The standard InChI is InChI=1S/C18H21N3O5S2/c1-13-12-27-18(19-13)20-17(22)6-4-14-3-5-15(25-2)16(11-14)28(23,24)21-7-9-26-10-8-21/h3-6,11-12H,7-10H2,1-2H3,(H,19,20,22). The summed E-state index contributed by atoms with van der Waals surface area (Å²) in [6, 6.07) is 4.77. The lowest BCUT2D eigenvalue weighted by Crippen LogP contribution is -2.40. The molecule has 3 rings (SSSR count). The summed E-state index contributed by atoms with van der Waals surface area (Å²) in [5.41, 5.74) is 1.40. The molecule has 0 radical (unpaired) electrons. The average molecular weight is 424 g/mol. The van der Waals surface area contributed by atoms with Gasteiger partial charge in [-0.1, -0.05) is 6.07 Å². The second kappa shape index (κ2) is 8.82. The van der Waals surface area contributed by atoms with Crippen molar-refractivity contribution in [2.45, 2.75) is 11.8 Å². The van der Waals surface area contributed by atoms with Crippen LogP contribution in [0.5, 0.6) is 5.75 Å². The Bertz CT molecular complexity index is 979. The van der Waals surface area contributed by atoms with E-state index < -0.39 is 10.0 Å². The molecule has 0 atom stereocenters. The summed E-state index contributed by atoms with van der Waals surface area (Å²) in [6.07, 6.45) is 2.89. The van der Waals surface area contributed by atoms with Crippen LogP contribution in [0, 0.1) is 6.92 Å². The Labute approximate surface area is 167 Å². The zero-order valence-electron chi connectivity index (χ0n) is 15.5. The number of nitrogens with zero attached hydrogens (tertiary/aromatic N) is 2. The molecule has 1 aliphatic rings. The average Bonchev–Trinajstić information content (AvgIpc) is 3.11. The lowest BCUT2D eigenvalue weighted by Gasteiger charge is -2.26. The van der Waals surface area contributed by atoms with Crippen molar-refractivity contribution in [3.63, 3.8) is 0 Å². The van der Waals surface area contributed by atoms with Gasteiger partial charge in [0, 0.05) is 24.5 Å². The third-order valence-corrected chi connectivity index (χ3v) is 6.85. The van der Waals surface area contributed by atoms with E-state index >= 15 is 0 Å². The molecule has 10 heteroatoms. The van der Waals surface area contributed by atoms with E-state index in [9.17, 15) is 13.2 Å². The third-order valence-electron chi connectivity index (χ3n) is 4.05. The van der Waals surface area contributed by atoms with E-state index in [4.69, 9.17) is 9.47 Å². The number of morpholine rings is 1. The van der Waals surface area contributed by atoms with Gasteiger partial charge < -0.3 is 9.47 Å². The first-order valence-electron chi connectivity index (χ1n) is 8.57. The first-order valence-corrected chi connectivity index (χ1v) is 10.9. The van der Waals surface area contributed by atoms with Gasteiger partial charge >= 0.3 is 0 Å². The molecule has 1 N–H and O–H groups in total. The Balaban J connectivity index is 1.81. The minimum Gasteiger partial charge on any atom is -0.495 e. The minimum atomic E-state index is -3.73. The second-order valence-electron chi connectivity index (χ2n) is 6.04. The smallest absolute Gasteiger partial charge is 0.250 e. The summed E-state index contributed by atoms with van der Waals surface area (Å²) in [7, 11) is -2.30. The zero-order valence-corrected chi connectivity index (χ0v) is 17.2. The van der Waals surface area contributed by atoms with E-state index in [0.29, 0.717) is 37.0 Å². The molecule has 0 bridgehead atoms. The molecule has 1 amide bonds. The van der Waals surface area contributed by atoms with Crippen LogP contribution in [0.15, 0.2) is 34.6 Å². The molecular formula is C18H21N3O5S2. The molecule has 0 unspecified atom stereocenters. The van der Waals surface area contributed by atoms with Gasteiger partial charge in [0.25, 0.3) is 0 Å². The number of carbonyl (C=O) groups is 1. The van der Waals surface area contributed by atoms with Crippen molar-refractivity contribution in [3.05, 3.63) is 40.9 Å². The molecule has 1 fully saturated rings. The van der Waals surface area contributed by atoms with E-state index in [0.717, 1.165) is 5.69 Å². The van der Waals surface area contributed by atoms with E-state index in [1.165, 1.54) is 34.9 Å². The number of hydrogen-bond acceptors (Lipinski definition) is 7. The maximum Gasteiger partial charge on any atom is 0.250 e. The van der Waals surface area contributed by atoms with Gasteiger partial charge in [0.2, 0.25) is 15.9 Å². The summed E-state index contributed by atoms with van der Waals surface area (Å²) in [4.78, 5) is 16.3. The largest absolute Gasteiger partial charge is 0.495 e. The number of thiazole rings is 1. The van der Waals surface area contributed by atoms with Crippen LogP contribution in [0.4, 0.5) is 5.13 Å². The molecule has 1 aliphatic heterocycles. The maximum absolute atomic E-state index is 13.0. The topological polar surface area (TPSA) is 97.8 Å². The van der Waals surface area contributed by atoms with Gasteiger partial charge in [-0.2, -0.15) is 4.31 Å². The fourth-order valence-corrected chi connectivity index (χ4v) is 4.94. The van der Waals surface area contributed by atoms with E-state index in [-0.39, 0.29) is 16.6 Å². The Kier molecular flexibility index (Phi) is 6.45. The number of sulfonamides is 1.